The Bertz CT molecular complexity index is 623. The highest BCUT2D eigenvalue weighted by Gasteiger charge is 2.39. The second kappa shape index (κ2) is 6.79. The predicted octanol–water partition coefficient (Wildman–Crippen LogP) is 1.88. The first-order chi connectivity index (χ1) is 10.4. The summed E-state index contributed by atoms with van der Waals surface area (Å²) in [6, 6.07) is 6.44. The molecule has 1 unspecified atom stereocenters. The van der Waals surface area contributed by atoms with E-state index in [9.17, 15) is 13.2 Å². The summed E-state index contributed by atoms with van der Waals surface area (Å²) in [5, 5.41) is 0. The Morgan fingerprint density at radius 2 is 1.91 bits per heavy atom. The number of sulfonamides is 1. The molecule has 122 valence electrons. The van der Waals surface area contributed by atoms with Crippen molar-refractivity contribution in [2.75, 3.05) is 20.6 Å². The highest BCUT2D eigenvalue weighted by molar-refractivity contribution is 7.89. The Morgan fingerprint density at radius 3 is 2.45 bits per heavy atom. The molecule has 2 rings (SSSR count). The van der Waals surface area contributed by atoms with Crippen LogP contribution in [-0.4, -0.2) is 50.2 Å². The Labute approximate surface area is 133 Å². The first-order valence-corrected chi connectivity index (χ1v) is 9.14. The molecule has 5 nitrogen and oxygen atoms in total. The van der Waals surface area contributed by atoms with Gasteiger partial charge in [0.1, 0.15) is 6.04 Å². The van der Waals surface area contributed by atoms with Crippen LogP contribution in [0.2, 0.25) is 0 Å². The van der Waals surface area contributed by atoms with Crippen LogP contribution in [0.15, 0.2) is 29.2 Å². The molecule has 6 heteroatoms. The molecule has 1 aromatic carbocycles. The highest BCUT2D eigenvalue weighted by Crippen LogP contribution is 2.27. The molecule has 0 spiro atoms. The summed E-state index contributed by atoms with van der Waals surface area (Å²) >= 11 is 0. The molecule has 1 aliphatic heterocycles. The lowest BCUT2D eigenvalue weighted by molar-refractivity contribution is -0.132. The van der Waals surface area contributed by atoms with E-state index in [0.717, 1.165) is 24.8 Å². The second-order valence-electron chi connectivity index (χ2n) is 5.90. The fraction of sp³-hybridized carbons (Fsp3) is 0.562. The third-order valence-corrected chi connectivity index (χ3v) is 5.92. The fourth-order valence-corrected chi connectivity index (χ4v) is 4.48. The van der Waals surface area contributed by atoms with Crippen molar-refractivity contribution in [3.05, 3.63) is 29.8 Å². The molecule has 1 aromatic rings. The number of hydrogen-bond donors (Lipinski definition) is 0. The van der Waals surface area contributed by atoms with Crippen LogP contribution in [0, 0.1) is 0 Å². The molecular weight excluding hydrogens is 300 g/mol. The van der Waals surface area contributed by atoms with Crippen LogP contribution in [0.1, 0.15) is 31.7 Å². The molecule has 1 amide bonds. The lowest BCUT2D eigenvalue weighted by atomic mass is 10.1. The maximum Gasteiger partial charge on any atom is 0.243 e. The number of carbonyl (C=O) groups is 1. The van der Waals surface area contributed by atoms with Gasteiger partial charge in [0.15, 0.2) is 0 Å². The van der Waals surface area contributed by atoms with E-state index in [4.69, 9.17) is 0 Å². The van der Waals surface area contributed by atoms with Gasteiger partial charge in [-0.3, -0.25) is 4.79 Å². The van der Waals surface area contributed by atoms with Crippen molar-refractivity contribution in [2.45, 2.75) is 43.5 Å². The second-order valence-corrected chi connectivity index (χ2v) is 7.79. The van der Waals surface area contributed by atoms with Crippen LogP contribution in [0.3, 0.4) is 0 Å². The fourth-order valence-electron chi connectivity index (χ4n) is 2.82. The molecule has 1 atom stereocenters. The minimum absolute atomic E-state index is 0.149. The predicted molar refractivity (Wildman–Crippen MR) is 86.0 cm³/mol. The van der Waals surface area contributed by atoms with Gasteiger partial charge in [0, 0.05) is 20.6 Å². The lowest BCUT2D eigenvalue weighted by Crippen LogP contribution is -2.45. The average Bonchev–Trinajstić information content (AvgIpc) is 2.97. The highest BCUT2D eigenvalue weighted by atomic mass is 32.2. The summed E-state index contributed by atoms with van der Waals surface area (Å²) in [6.07, 6.45) is 3.27. The Balaban J connectivity index is 2.27. The molecule has 0 aromatic heterocycles. The van der Waals surface area contributed by atoms with E-state index >= 15 is 0 Å². The number of hydrogen-bond acceptors (Lipinski definition) is 3. The largest absolute Gasteiger partial charge is 0.347 e. The van der Waals surface area contributed by atoms with Crippen molar-refractivity contribution >= 4 is 15.9 Å². The Morgan fingerprint density at radius 1 is 1.27 bits per heavy atom. The van der Waals surface area contributed by atoms with Crippen molar-refractivity contribution < 1.29 is 13.2 Å². The van der Waals surface area contributed by atoms with E-state index in [1.807, 2.05) is 12.1 Å². The van der Waals surface area contributed by atoms with Gasteiger partial charge in [-0.25, -0.2) is 8.42 Å². The average molecular weight is 324 g/mol. The number of rotatable bonds is 5. The van der Waals surface area contributed by atoms with Crippen molar-refractivity contribution in [1.82, 2.24) is 9.21 Å². The van der Waals surface area contributed by atoms with Gasteiger partial charge in [-0.1, -0.05) is 25.5 Å². The van der Waals surface area contributed by atoms with E-state index in [1.165, 1.54) is 9.21 Å². The first kappa shape index (κ1) is 17.0. The van der Waals surface area contributed by atoms with E-state index in [-0.39, 0.29) is 10.8 Å². The van der Waals surface area contributed by atoms with Gasteiger partial charge in [-0.15, -0.1) is 0 Å². The summed E-state index contributed by atoms with van der Waals surface area (Å²) < 4.78 is 26.9. The summed E-state index contributed by atoms with van der Waals surface area (Å²) in [4.78, 5) is 13.9. The number of nitrogens with zero attached hydrogens (tertiary/aromatic N) is 2. The zero-order valence-corrected chi connectivity index (χ0v) is 14.3. The number of amides is 1. The van der Waals surface area contributed by atoms with Crippen LogP contribution in [0.5, 0.6) is 0 Å². The topological polar surface area (TPSA) is 57.7 Å². The van der Waals surface area contributed by atoms with Crippen LogP contribution >= 0.6 is 0 Å². The molecule has 0 N–H and O–H groups in total. The molecule has 0 radical (unpaired) electrons. The summed E-state index contributed by atoms with van der Waals surface area (Å²) in [5.41, 5.74) is 1.13. The number of likely N-dealkylation sites (N-methyl/N-ethyl adjacent to an activating group) is 1. The Kier molecular flexibility index (Phi) is 5.24. The van der Waals surface area contributed by atoms with Crippen molar-refractivity contribution in [1.29, 1.82) is 0 Å². The van der Waals surface area contributed by atoms with E-state index < -0.39 is 16.1 Å². The number of aryl methyl sites for hydroxylation is 1. The molecule has 1 heterocycles. The molecule has 0 bridgehead atoms. The lowest BCUT2D eigenvalue weighted by Gasteiger charge is -2.25. The molecular formula is C16H24N2O3S. The van der Waals surface area contributed by atoms with Gasteiger partial charge in [0.05, 0.1) is 4.90 Å². The Hall–Kier alpha value is -1.40. The van der Waals surface area contributed by atoms with Gasteiger partial charge in [-0.05, 0) is 37.0 Å². The van der Waals surface area contributed by atoms with Crippen LogP contribution in [-0.2, 0) is 21.2 Å². The zero-order chi connectivity index (χ0) is 16.3. The van der Waals surface area contributed by atoms with Gasteiger partial charge >= 0.3 is 0 Å². The number of carbonyl (C=O) groups excluding carboxylic acids is 1. The van der Waals surface area contributed by atoms with Crippen molar-refractivity contribution in [3.8, 4) is 0 Å². The molecule has 1 saturated heterocycles. The van der Waals surface area contributed by atoms with Crippen LogP contribution < -0.4 is 0 Å². The minimum Gasteiger partial charge on any atom is -0.347 e. The molecule has 1 aliphatic rings. The van der Waals surface area contributed by atoms with E-state index in [1.54, 1.807) is 26.2 Å². The van der Waals surface area contributed by atoms with E-state index in [2.05, 4.69) is 6.92 Å². The molecule has 1 fully saturated rings. The summed E-state index contributed by atoms with van der Waals surface area (Å²) in [6.45, 7) is 2.50. The van der Waals surface area contributed by atoms with Gasteiger partial charge in [-0.2, -0.15) is 4.31 Å². The smallest absolute Gasteiger partial charge is 0.243 e. The molecule has 0 aliphatic carbocycles. The molecule has 22 heavy (non-hydrogen) atoms. The van der Waals surface area contributed by atoms with Crippen molar-refractivity contribution in [3.63, 3.8) is 0 Å². The monoisotopic (exact) mass is 324 g/mol. The maximum absolute atomic E-state index is 12.8. The standard InChI is InChI=1S/C16H24N2O3S/c1-4-6-13-8-10-14(11-9-13)22(20,21)18-12-5-7-15(18)16(19)17(2)3/h8-11,15H,4-7,12H2,1-3H3. The van der Waals surface area contributed by atoms with Gasteiger partial charge in [0.2, 0.25) is 15.9 Å². The summed E-state index contributed by atoms with van der Waals surface area (Å²) in [7, 11) is -0.297. The minimum atomic E-state index is -3.61. The van der Waals surface area contributed by atoms with Crippen LogP contribution in [0.25, 0.3) is 0 Å². The van der Waals surface area contributed by atoms with Crippen LogP contribution in [0.4, 0.5) is 0 Å². The quantitative estimate of drug-likeness (QED) is 0.831. The first-order valence-electron chi connectivity index (χ1n) is 7.70. The zero-order valence-electron chi connectivity index (χ0n) is 13.4. The number of benzene rings is 1. The summed E-state index contributed by atoms with van der Waals surface area (Å²) in [5.74, 6) is -0.149. The van der Waals surface area contributed by atoms with Gasteiger partial charge < -0.3 is 4.90 Å². The normalized spacial score (nSPS) is 19.3. The molecule has 0 saturated carbocycles. The maximum atomic E-state index is 12.8. The SMILES string of the molecule is CCCc1ccc(S(=O)(=O)N2CCCC2C(=O)N(C)C)cc1. The van der Waals surface area contributed by atoms with Crippen molar-refractivity contribution in [2.24, 2.45) is 0 Å². The van der Waals surface area contributed by atoms with E-state index in [0.29, 0.717) is 13.0 Å². The van der Waals surface area contributed by atoms with Gasteiger partial charge in [0.25, 0.3) is 0 Å². The third kappa shape index (κ3) is 3.33. The third-order valence-electron chi connectivity index (χ3n) is 4.00.